The summed E-state index contributed by atoms with van der Waals surface area (Å²) in [6, 6.07) is 6.55. The molecule has 0 saturated heterocycles. The minimum absolute atomic E-state index is 0.907. The maximum Gasteiger partial charge on any atom is 0.0166 e. The number of benzene rings is 1. The number of likely N-dealkylation sites (N-methyl/N-ethyl adjacent to an activating group) is 1. The summed E-state index contributed by atoms with van der Waals surface area (Å²) < 4.78 is 0. The molecule has 0 saturated carbocycles. The Hall–Kier alpha value is -0.860. The van der Waals surface area contributed by atoms with Crippen LogP contribution in [0.1, 0.15) is 16.7 Å². The third-order valence-corrected chi connectivity index (χ3v) is 2.24. The van der Waals surface area contributed by atoms with E-state index in [-0.39, 0.29) is 0 Å². The Bertz CT molecular complexity index is 279. The Morgan fingerprint density at radius 3 is 2.62 bits per heavy atom. The Morgan fingerprint density at radius 2 is 2.00 bits per heavy atom. The lowest BCUT2D eigenvalue weighted by Gasteiger charge is -2.11. The highest BCUT2D eigenvalue weighted by Gasteiger charge is 1.99. The molecule has 0 bridgehead atoms. The summed E-state index contributed by atoms with van der Waals surface area (Å²) in [5, 5.41) is 1.72. The molecule has 0 fully saturated rings. The lowest BCUT2D eigenvalue weighted by atomic mass is 10.0. The van der Waals surface area contributed by atoms with E-state index in [0.29, 0.717) is 0 Å². The Kier molecular flexibility index (Phi) is 3.46. The van der Waals surface area contributed by atoms with E-state index >= 15 is 0 Å². The van der Waals surface area contributed by atoms with Gasteiger partial charge in [-0.2, -0.15) is 0 Å². The molecule has 0 aromatic heterocycles. The van der Waals surface area contributed by atoms with Gasteiger partial charge in [0.2, 0.25) is 0 Å². The Morgan fingerprint density at radius 1 is 1.31 bits per heavy atom. The minimum Gasteiger partial charge on any atom is -0.269 e. The summed E-state index contributed by atoms with van der Waals surface area (Å²) in [6.07, 6.45) is 1.03. The number of nitrogens with two attached hydrogens (primary N) is 1. The van der Waals surface area contributed by atoms with Crippen molar-refractivity contribution < 1.29 is 0 Å². The van der Waals surface area contributed by atoms with Crippen LogP contribution >= 0.6 is 0 Å². The molecule has 0 aliphatic heterocycles. The molecule has 13 heavy (non-hydrogen) atoms. The normalized spacial score (nSPS) is 10.8. The molecule has 1 rings (SSSR count). The molecule has 72 valence electrons. The maximum absolute atomic E-state index is 5.56. The molecule has 0 aliphatic rings. The van der Waals surface area contributed by atoms with Crippen LogP contribution in [-0.4, -0.2) is 18.6 Å². The SMILES string of the molecule is Cc1ccc(C)c(CCN(C)N)c1. The van der Waals surface area contributed by atoms with Crippen LogP contribution in [0.3, 0.4) is 0 Å². The van der Waals surface area contributed by atoms with Gasteiger partial charge in [0.15, 0.2) is 0 Å². The van der Waals surface area contributed by atoms with E-state index in [9.17, 15) is 0 Å². The molecule has 0 radical (unpaired) electrons. The zero-order chi connectivity index (χ0) is 9.84. The highest BCUT2D eigenvalue weighted by atomic mass is 15.4. The van der Waals surface area contributed by atoms with Gasteiger partial charge in [0.05, 0.1) is 0 Å². The van der Waals surface area contributed by atoms with E-state index < -0.39 is 0 Å². The Balaban J connectivity index is 2.70. The van der Waals surface area contributed by atoms with Crippen molar-refractivity contribution in [3.63, 3.8) is 0 Å². The van der Waals surface area contributed by atoms with Gasteiger partial charge in [-0.3, -0.25) is 5.84 Å². The number of aryl methyl sites for hydroxylation is 2. The minimum atomic E-state index is 0.907. The lowest BCUT2D eigenvalue weighted by molar-refractivity contribution is 0.353. The smallest absolute Gasteiger partial charge is 0.0166 e. The average Bonchev–Trinajstić information content (AvgIpc) is 2.06. The quantitative estimate of drug-likeness (QED) is 0.563. The molecule has 0 spiro atoms. The number of hydrogen-bond donors (Lipinski definition) is 1. The van der Waals surface area contributed by atoms with Crippen molar-refractivity contribution >= 4 is 0 Å². The third kappa shape index (κ3) is 3.17. The van der Waals surface area contributed by atoms with Crippen LogP contribution < -0.4 is 5.84 Å². The van der Waals surface area contributed by atoms with Gasteiger partial charge in [0.1, 0.15) is 0 Å². The zero-order valence-electron chi connectivity index (χ0n) is 8.67. The highest BCUT2D eigenvalue weighted by Crippen LogP contribution is 2.11. The van der Waals surface area contributed by atoms with Crippen LogP contribution in [0.4, 0.5) is 0 Å². The molecule has 0 amide bonds. The third-order valence-electron chi connectivity index (χ3n) is 2.24. The van der Waals surface area contributed by atoms with Crippen molar-refractivity contribution in [3.8, 4) is 0 Å². The predicted molar refractivity (Wildman–Crippen MR) is 56.4 cm³/mol. The molecule has 0 atom stereocenters. The van der Waals surface area contributed by atoms with E-state index in [1.807, 2.05) is 7.05 Å². The van der Waals surface area contributed by atoms with Gasteiger partial charge in [0, 0.05) is 13.6 Å². The van der Waals surface area contributed by atoms with Crippen LogP contribution in [-0.2, 0) is 6.42 Å². The number of nitrogens with zero attached hydrogens (tertiary/aromatic N) is 1. The van der Waals surface area contributed by atoms with Crippen molar-refractivity contribution in [2.45, 2.75) is 20.3 Å². The van der Waals surface area contributed by atoms with Crippen molar-refractivity contribution in [2.75, 3.05) is 13.6 Å². The molecule has 2 heteroatoms. The summed E-state index contributed by atoms with van der Waals surface area (Å²) in [7, 11) is 1.89. The first-order chi connectivity index (χ1) is 6.09. The first-order valence-corrected chi connectivity index (χ1v) is 4.61. The molecule has 0 aliphatic carbocycles. The second-order valence-electron chi connectivity index (χ2n) is 3.66. The molecule has 2 N–H and O–H groups in total. The Labute approximate surface area is 80.3 Å². The maximum atomic E-state index is 5.56. The number of hydrogen-bond acceptors (Lipinski definition) is 2. The summed E-state index contributed by atoms with van der Waals surface area (Å²) in [5.41, 5.74) is 4.07. The lowest BCUT2D eigenvalue weighted by Crippen LogP contribution is -2.28. The highest BCUT2D eigenvalue weighted by molar-refractivity contribution is 5.30. The first kappa shape index (κ1) is 10.2. The summed E-state index contributed by atoms with van der Waals surface area (Å²) in [5.74, 6) is 5.56. The van der Waals surface area contributed by atoms with E-state index in [1.54, 1.807) is 5.01 Å². The average molecular weight is 178 g/mol. The topological polar surface area (TPSA) is 29.3 Å². The van der Waals surface area contributed by atoms with Gasteiger partial charge in [0.25, 0.3) is 0 Å². The van der Waals surface area contributed by atoms with Gasteiger partial charge in [-0.15, -0.1) is 0 Å². The van der Waals surface area contributed by atoms with Crippen LogP contribution in [0.25, 0.3) is 0 Å². The van der Waals surface area contributed by atoms with Crippen molar-refractivity contribution in [3.05, 3.63) is 34.9 Å². The monoisotopic (exact) mass is 178 g/mol. The predicted octanol–water partition coefficient (Wildman–Crippen LogP) is 1.65. The van der Waals surface area contributed by atoms with E-state index in [0.717, 1.165) is 13.0 Å². The number of rotatable bonds is 3. The van der Waals surface area contributed by atoms with Crippen LogP contribution in [0.5, 0.6) is 0 Å². The fourth-order valence-corrected chi connectivity index (χ4v) is 1.37. The van der Waals surface area contributed by atoms with Gasteiger partial charge < -0.3 is 0 Å². The van der Waals surface area contributed by atoms with E-state index in [1.165, 1.54) is 16.7 Å². The van der Waals surface area contributed by atoms with Crippen LogP contribution in [0, 0.1) is 13.8 Å². The number of hydrazine groups is 1. The standard InChI is InChI=1S/C11H18N2/c1-9-4-5-10(2)11(8-9)6-7-13(3)12/h4-5,8H,6-7,12H2,1-3H3. The molecule has 0 unspecified atom stereocenters. The van der Waals surface area contributed by atoms with E-state index in [4.69, 9.17) is 5.84 Å². The van der Waals surface area contributed by atoms with E-state index in [2.05, 4.69) is 32.0 Å². The fraction of sp³-hybridized carbons (Fsp3) is 0.455. The second kappa shape index (κ2) is 4.40. The van der Waals surface area contributed by atoms with Gasteiger partial charge >= 0.3 is 0 Å². The summed E-state index contributed by atoms with van der Waals surface area (Å²) in [4.78, 5) is 0. The molecular weight excluding hydrogens is 160 g/mol. The summed E-state index contributed by atoms with van der Waals surface area (Å²) in [6.45, 7) is 5.17. The van der Waals surface area contributed by atoms with Gasteiger partial charge in [-0.05, 0) is 31.4 Å². The van der Waals surface area contributed by atoms with Crippen molar-refractivity contribution in [1.29, 1.82) is 0 Å². The largest absolute Gasteiger partial charge is 0.269 e. The van der Waals surface area contributed by atoms with Gasteiger partial charge in [-0.1, -0.05) is 23.8 Å². The van der Waals surface area contributed by atoms with Gasteiger partial charge in [-0.25, -0.2) is 5.01 Å². The van der Waals surface area contributed by atoms with Crippen LogP contribution in [0.15, 0.2) is 18.2 Å². The molecule has 2 nitrogen and oxygen atoms in total. The fourth-order valence-electron chi connectivity index (χ4n) is 1.37. The zero-order valence-corrected chi connectivity index (χ0v) is 8.67. The molecule has 1 aromatic rings. The van der Waals surface area contributed by atoms with Crippen molar-refractivity contribution in [2.24, 2.45) is 5.84 Å². The van der Waals surface area contributed by atoms with Crippen LogP contribution in [0.2, 0.25) is 0 Å². The molecule has 0 heterocycles. The molecular formula is C11H18N2. The first-order valence-electron chi connectivity index (χ1n) is 4.61. The molecule has 1 aromatic carbocycles. The second-order valence-corrected chi connectivity index (χ2v) is 3.66. The van der Waals surface area contributed by atoms with Crippen molar-refractivity contribution in [1.82, 2.24) is 5.01 Å². The summed E-state index contributed by atoms with van der Waals surface area (Å²) >= 11 is 0.